The second kappa shape index (κ2) is 14.1. The molecular formula is C34H38N6O5S2. The van der Waals surface area contributed by atoms with Gasteiger partial charge in [-0.3, -0.25) is 33.3 Å². The maximum absolute atomic E-state index is 14.1. The van der Waals surface area contributed by atoms with Gasteiger partial charge >= 0.3 is 5.97 Å². The highest BCUT2D eigenvalue weighted by molar-refractivity contribution is 8.27. The van der Waals surface area contributed by atoms with Crippen LogP contribution in [0.5, 0.6) is 0 Å². The number of aromatic nitrogens is 3. The Labute approximate surface area is 283 Å². The van der Waals surface area contributed by atoms with Crippen LogP contribution in [0, 0.1) is 31.1 Å². The van der Waals surface area contributed by atoms with Gasteiger partial charge in [0, 0.05) is 32.2 Å². The van der Waals surface area contributed by atoms with Crippen LogP contribution in [0.2, 0.25) is 0 Å². The van der Waals surface area contributed by atoms with Gasteiger partial charge in [0.05, 0.1) is 28.8 Å². The predicted molar refractivity (Wildman–Crippen MR) is 188 cm³/mol. The van der Waals surface area contributed by atoms with Crippen molar-refractivity contribution in [2.45, 2.75) is 59.9 Å². The zero-order chi connectivity index (χ0) is 34.0. The Morgan fingerprint density at radius 3 is 2.40 bits per heavy atom. The van der Waals surface area contributed by atoms with Crippen LogP contribution in [-0.2, 0) is 27.9 Å². The van der Waals surface area contributed by atoms with Gasteiger partial charge in [0.1, 0.15) is 23.1 Å². The fourth-order valence-electron chi connectivity index (χ4n) is 6.20. The van der Waals surface area contributed by atoms with Crippen LogP contribution in [0.25, 0.3) is 11.8 Å². The van der Waals surface area contributed by atoms with Crippen molar-refractivity contribution in [2.75, 3.05) is 29.5 Å². The van der Waals surface area contributed by atoms with Crippen molar-refractivity contribution in [2.24, 2.45) is 13.0 Å². The molecule has 0 spiro atoms. The SMILES string of the molecule is CCCCn1c(N2CCC(C(=O)OCC)CC2)c(C=C2SC(=S)N(c3c(C)n(C)n(-c4ccccc4)c3=O)C2=O)c(C)c(C#N)c1=O. The Morgan fingerprint density at radius 1 is 1.11 bits per heavy atom. The molecule has 0 saturated carbocycles. The van der Waals surface area contributed by atoms with Crippen LogP contribution in [-0.4, -0.2) is 49.8 Å². The van der Waals surface area contributed by atoms with E-state index in [9.17, 15) is 24.4 Å². The van der Waals surface area contributed by atoms with Crippen molar-refractivity contribution in [1.82, 2.24) is 13.9 Å². The number of esters is 1. The Balaban J connectivity index is 1.62. The van der Waals surface area contributed by atoms with Crippen LogP contribution in [0.1, 0.15) is 61.9 Å². The van der Waals surface area contributed by atoms with Gasteiger partial charge < -0.3 is 9.64 Å². The van der Waals surface area contributed by atoms with Crippen molar-refractivity contribution < 1.29 is 14.3 Å². The highest BCUT2D eigenvalue weighted by Gasteiger charge is 2.39. The average Bonchev–Trinajstić information content (AvgIpc) is 3.46. The molecule has 5 rings (SSSR count). The lowest BCUT2D eigenvalue weighted by Crippen LogP contribution is -2.41. The van der Waals surface area contributed by atoms with Gasteiger partial charge in [0.25, 0.3) is 17.0 Å². The van der Waals surface area contributed by atoms with Gasteiger partial charge in [-0.05, 0) is 63.8 Å². The molecule has 2 aromatic heterocycles. The van der Waals surface area contributed by atoms with Crippen molar-refractivity contribution in [1.29, 1.82) is 5.26 Å². The first-order chi connectivity index (χ1) is 22.5. The van der Waals surface area contributed by atoms with E-state index in [1.807, 2.05) is 37.3 Å². The summed E-state index contributed by atoms with van der Waals surface area (Å²) >= 11 is 6.77. The average molecular weight is 675 g/mol. The van der Waals surface area contributed by atoms with Crippen LogP contribution < -0.4 is 20.9 Å². The molecule has 2 aliphatic heterocycles. The monoisotopic (exact) mass is 674 g/mol. The second-order valence-electron chi connectivity index (χ2n) is 11.6. The molecule has 246 valence electrons. The van der Waals surface area contributed by atoms with E-state index in [4.69, 9.17) is 17.0 Å². The third-order valence-electron chi connectivity index (χ3n) is 8.81. The molecule has 0 unspecified atom stereocenters. The van der Waals surface area contributed by atoms with Gasteiger partial charge in [-0.25, -0.2) is 4.68 Å². The number of piperidine rings is 1. The molecular weight excluding hydrogens is 637 g/mol. The normalized spacial score (nSPS) is 16.3. The van der Waals surface area contributed by atoms with Crippen molar-refractivity contribution in [3.8, 4) is 11.8 Å². The van der Waals surface area contributed by atoms with E-state index in [-0.39, 0.29) is 43.5 Å². The number of carbonyl (C=O) groups is 2. The molecule has 0 N–H and O–H groups in total. The molecule has 0 radical (unpaired) electrons. The van der Waals surface area contributed by atoms with Crippen molar-refractivity contribution in [3.63, 3.8) is 0 Å². The van der Waals surface area contributed by atoms with Gasteiger partial charge in [0.15, 0.2) is 4.32 Å². The molecule has 1 aromatic carbocycles. The molecule has 0 aliphatic carbocycles. The highest BCUT2D eigenvalue weighted by atomic mass is 32.2. The molecule has 2 saturated heterocycles. The number of pyridine rings is 1. The number of hydrogen-bond donors (Lipinski definition) is 0. The number of hydrogen-bond acceptors (Lipinski definition) is 9. The minimum absolute atomic E-state index is 0.0117. The van der Waals surface area contributed by atoms with E-state index >= 15 is 0 Å². The lowest BCUT2D eigenvalue weighted by molar-refractivity contribution is -0.148. The van der Waals surface area contributed by atoms with E-state index in [0.29, 0.717) is 73.8 Å². The summed E-state index contributed by atoms with van der Waals surface area (Å²) in [5.74, 6) is -0.315. The molecule has 2 fully saturated rings. The molecule has 11 nitrogen and oxygen atoms in total. The van der Waals surface area contributed by atoms with Crippen LogP contribution in [0.15, 0.2) is 44.8 Å². The first kappa shape index (κ1) is 33.9. The Hall–Kier alpha value is -4.41. The standard InChI is InChI=1S/C34H38N6O5S2/c1-6-8-16-38-29(37-17-14-23(15-18-37)33(44)45-7-2)25(21(3)26(20-35)30(38)41)19-27-31(42)39(34(46)47-27)28-22(4)36(5)40(32(28)43)24-12-10-9-11-13-24/h9-13,19,23H,6-8,14-18H2,1-5H3. The number of carbonyl (C=O) groups excluding carboxylic acids is 2. The number of thiocarbonyl (C=S) groups is 1. The number of rotatable bonds is 9. The van der Waals surface area contributed by atoms with E-state index in [1.54, 1.807) is 43.1 Å². The summed E-state index contributed by atoms with van der Waals surface area (Å²) in [6.45, 7) is 8.98. The third-order valence-corrected chi connectivity index (χ3v) is 10.1. The van der Waals surface area contributed by atoms with E-state index < -0.39 is 5.91 Å². The molecule has 47 heavy (non-hydrogen) atoms. The molecule has 13 heteroatoms. The van der Waals surface area contributed by atoms with Crippen molar-refractivity contribution >= 4 is 57.8 Å². The van der Waals surface area contributed by atoms with Crippen LogP contribution in [0.3, 0.4) is 0 Å². The van der Waals surface area contributed by atoms with E-state index in [2.05, 4.69) is 11.0 Å². The summed E-state index contributed by atoms with van der Waals surface area (Å²) in [6, 6.07) is 11.2. The summed E-state index contributed by atoms with van der Waals surface area (Å²) in [5.41, 5.74) is 1.67. The number of benzene rings is 1. The largest absolute Gasteiger partial charge is 0.466 e. The molecule has 1 amide bonds. The lowest BCUT2D eigenvalue weighted by Gasteiger charge is -2.35. The minimum Gasteiger partial charge on any atom is -0.466 e. The quantitative estimate of drug-likeness (QED) is 0.179. The fourth-order valence-corrected chi connectivity index (χ4v) is 7.45. The zero-order valence-electron chi connectivity index (χ0n) is 27.2. The second-order valence-corrected chi connectivity index (χ2v) is 13.3. The van der Waals surface area contributed by atoms with Gasteiger partial charge in [0.2, 0.25) is 0 Å². The summed E-state index contributed by atoms with van der Waals surface area (Å²) in [5, 5.41) is 10.1. The smallest absolute Gasteiger partial charge is 0.309 e. The first-order valence-electron chi connectivity index (χ1n) is 15.8. The van der Waals surface area contributed by atoms with E-state index in [0.717, 1.165) is 18.2 Å². The maximum atomic E-state index is 14.1. The molecule has 3 aromatic rings. The summed E-state index contributed by atoms with van der Waals surface area (Å²) < 4.78 is 10.3. The predicted octanol–water partition coefficient (Wildman–Crippen LogP) is 4.81. The van der Waals surface area contributed by atoms with Gasteiger partial charge in [-0.2, -0.15) is 5.26 Å². The molecule has 0 atom stereocenters. The summed E-state index contributed by atoms with van der Waals surface area (Å²) in [6.07, 6.45) is 4.32. The number of nitrogens with zero attached hydrogens (tertiary/aromatic N) is 6. The molecule has 0 bridgehead atoms. The van der Waals surface area contributed by atoms with Crippen LogP contribution in [0.4, 0.5) is 11.5 Å². The number of anilines is 2. The van der Waals surface area contributed by atoms with Crippen molar-refractivity contribution in [3.05, 3.63) is 78.3 Å². The van der Waals surface area contributed by atoms with Gasteiger partial charge in [-0.15, -0.1) is 0 Å². The maximum Gasteiger partial charge on any atom is 0.309 e. The number of unbranched alkanes of at least 4 members (excludes halogenated alkanes) is 1. The molecule has 2 aliphatic rings. The minimum atomic E-state index is -0.456. The number of nitriles is 1. The number of thioether (sulfide) groups is 1. The first-order valence-corrected chi connectivity index (χ1v) is 17.0. The summed E-state index contributed by atoms with van der Waals surface area (Å²) in [4.78, 5) is 57.7. The van der Waals surface area contributed by atoms with Crippen LogP contribution >= 0.6 is 24.0 Å². The lowest BCUT2D eigenvalue weighted by atomic mass is 9.95. The topological polar surface area (TPSA) is 123 Å². The van der Waals surface area contributed by atoms with Gasteiger partial charge in [-0.1, -0.05) is 55.5 Å². The Bertz CT molecular complexity index is 1930. The fraction of sp³-hybridized carbons (Fsp3) is 0.412. The molecule has 4 heterocycles. The number of amides is 1. The Morgan fingerprint density at radius 2 is 1.79 bits per heavy atom. The number of ether oxygens (including phenoxy) is 1. The summed E-state index contributed by atoms with van der Waals surface area (Å²) in [7, 11) is 1.75. The highest BCUT2D eigenvalue weighted by Crippen LogP contribution is 2.39. The zero-order valence-corrected chi connectivity index (χ0v) is 28.9. The third kappa shape index (κ3) is 6.19. The Kier molecular flexibility index (Phi) is 10.2. The number of para-hydroxylation sites is 1. The van der Waals surface area contributed by atoms with E-state index in [1.165, 1.54) is 9.58 Å².